The molecule has 11 heteroatoms. The number of phenolic OH excluding ortho intramolecular Hbond substituents is 1. The third kappa shape index (κ3) is 4.16. The summed E-state index contributed by atoms with van der Waals surface area (Å²) >= 11 is 0. The van der Waals surface area contributed by atoms with Crippen LogP contribution in [-0.2, 0) is 22.6 Å². The minimum Gasteiger partial charge on any atom is -0.510 e. The van der Waals surface area contributed by atoms with E-state index >= 15 is 0 Å². The fourth-order valence-corrected chi connectivity index (χ4v) is 7.97. The van der Waals surface area contributed by atoms with Crippen molar-refractivity contribution in [3.8, 4) is 11.5 Å². The maximum Gasteiger partial charge on any atom is 0.255 e. The molecule has 1 saturated heterocycles. The molecule has 11 nitrogen and oxygen atoms in total. The summed E-state index contributed by atoms with van der Waals surface area (Å²) in [5, 5.41) is 45.3. The Morgan fingerprint density at radius 3 is 2.40 bits per heavy atom. The van der Waals surface area contributed by atoms with Crippen LogP contribution in [0.4, 0.5) is 0 Å². The lowest BCUT2D eigenvalue weighted by molar-refractivity contribution is -0.148. The van der Waals surface area contributed by atoms with E-state index in [4.69, 9.17) is 10.5 Å². The molecule has 1 aliphatic heterocycles. The van der Waals surface area contributed by atoms with Gasteiger partial charge in [0.25, 0.3) is 5.91 Å². The Morgan fingerprint density at radius 1 is 1.19 bits per heavy atom. The first kappa shape index (κ1) is 30.1. The number of likely N-dealkylation sites (N-methyl/N-ethyl adjacent to an activating group) is 1. The molecule has 0 bridgehead atoms. The zero-order chi connectivity index (χ0) is 30.9. The Morgan fingerprint density at radius 2 is 1.86 bits per heavy atom. The quantitative estimate of drug-likeness (QED) is 0.299. The summed E-state index contributed by atoms with van der Waals surface area (Å²) in [7, 11) is 4.72. The van der Waals surface area contributed by atoms with Gasteiger partial charge >= 0.3 is 0 Å². The van der Waals surface area contributed by atoms with E-state index in [1.54, 1.807) is 14.1 Å². The highest BCUT2D eigenvalue weighted by molar-refractivity contribution is 6.24. The molecule has 0 aromatic heterocycles. The van der Waals surface area contributed by atoms with Gasteiger partial charge in [-0.25, -0.2) is 0 Å². The molecule has 228 valence electrons. The van der Waals surface area contributed by atoms with Crippen molar-refractivity contribution in [1.29, 1.82) is 0 Å². The van der Waals surface area contributed by atoms with Crippen LogP contribution in [0.15, 0.2) is 28.7 Å². The predicted molar refractivity (Wildman–Crippen MR) is 153 cm³/mol. The lowest BCUT2D eigenvalue weighted by Crippen LogP contribution is -2.63. The number of nitrogens with zero attached hydrogens (tertiary/aromatic N) is 2. The number of primary amides is 1. The number of aromatic hydroxyl groups is 1. The fraction of sp³-hybridized carbons (Fsp3) is 0.581. The van der Waals surface area contributed by atoms with E-state index in [1.165, 1.54) is 18.1 Å². The van der Waals surface area contributed by atoms with Crippen molar-refractivity contribution in [3.05, 3.63) is 45.4 Å². The molecule has 1 amide bonds. The number of amides is 1. The molecule has 1 aromatic carbocycles. The summed E-state index contributed by atoms with van der Waals surface area (Å²) in [5.41, 5.74) is 3.18. The van der Waals surface area contributed by atoms with Crippen LogP contribution in [0, 0.1) is 17.3 Å². The number of hydrogen-bond acceptors (Lipinski definition) is 10. The van der Waals surface area contributed by atoms with Gasteiger partial charge in [0.1, 0.15) is 28.6 Å². The van der Waals surface area contributed by atoms with Gasteiger partial charge in [0.05, 0.1) is 18.7 Å². The van der Waals surface area contributed by atoms with E-state index in [2.05, 4.69) is 18.7 Å². The largest absolute Gasteiger partial charge is 0.510 e. The minimum atomic E-state index is -2.66. The number of carbonyl (C=O) groups is 3. The zero-order valence-corrected chi connectivity index (χ0v) is 24.9. The van der Waals surface area contributed by atoms with Crippen molar-refractivity contribution in [2.45, 2.75) is 64.1 Å². The van der Waals surface area contributed by atoms with E-state index in [9.17, 15) is 34.8 Å². The summed E-state index contributed by atoms with van der Waals surface area (Å²) in [6.07, 6.45) is 3.46. The molecule has 4 atom stereocenters. The Hall–Kier alpha value is -3.41. The minimum absolute atomic E-state index is 0.0293. The molecule has 0 spiro atoms. The molecule has 1 fully saturated rings. The molecule has 0 radical (unpaired) electrons. The maximum absolute atomic E-state index is 14.0. The van der Waals surface area contributed by atoms with Crippen LogP contribution in [0.5, 0.6) is 11.5 Å². The van der Waals surface area contributed by atoms with Crippen LogP contribution in [-0.4, -0.2) is 93.6 Å². The van der Waals surface area contributed by atoms with Crippen LogP contribution in [0.25, 0.3) is 0 Å². The first-order valence-corrected chi connectivity index (χ1v) is 14.5. The smallest absolute Gasteiger partial charge is 0.255 e. The summed E-state index contributed by atoms with van der Waals surface area (Å²) in [6, 6.07) is 0.482. The van der Waals surface area contributed by atoms with Gasteiger partial charge in [0.2, 0.25) is 5.78 Å². The maximum atomic E-state index is 14.0. The molecule has 0 unspecified atom stereocenters. The number of allylic oxidation sites excluding steroid dienone is 1. The lowest BCUT2D eigenvalue weighted by Gasteiger charge is -2.50. The average Bonchev–Trinajstić information content (AvgIpc) is 3.34. The molecular formula is C31H41N3O8. The number of likely N-dealkylation sites (tertiary alicyclic amines) is 1. The van der Waals surface area contributed by atoms with Crippen LogP contribution in [0.2, 0.25) is 0 Å². The molecule has 3 aliphatic carbocycles. The third-order valence-corrected chi connectivity index (χ3v) is 10.4. The van der Waals surface area contributed by atoms with E-state index in [-0.39, 0.29) is 35.1 Å². The Labute approximate surface area is 245 Å². The van der Waals surface area contributed by atoms with E-state index in [0.717, 1.165) is 37.9 Å². The van der Waals surface area contributed by atoms with Crippen molar-refractivity contribution in [3.63, 3.8) is 0 Å². The molecule has 4 aliphatic rings. The van der Waals surface area contributed by atoms with Crippen LogP contribution in [0.3, 0.4) is 0 Å². The van der Waals surface area contributed by atoms with Crippen LogP contribution >= 0.6 is 0 Å². The fourth-order valence-electron chi connectivity index (χ4n) is 7.97. The number of hydrogen-bond donors (Lipinski definition) is 5. The molecule has 0 saturated carbocycles. The predicted octanol–water partition coefficient (Wildman–Crippen LogP) is 2.14. The number of ether oxygens (including phenoxy) is 1. The van der Waals surface area contributed by atoms with Gasteiger partial charge in [0, 0.05) is 35.7 Å². The summed E-state index contributed by atoms with van der Waals surface area (Å²) < 4.78 is 5.85. The molecule has 6 N–H and O–H groups in total. The van der Waals surface area contributed by atoms with E-state index < -0.39 is 58.0 Å². The Bertz CT molecular complexity index is 1430. The second-order valence-electron chi connectivity index (χ2n) is 12.6. The zero-order valence-electron chi connectivity index (χ0n) is 24.9. The SMILES string of the molecule is CCC1(CC)CCN(Cc2cc(O)c3c(c2OC)C[C@H]2C[C@H]4[C@H](N(C)C)C(O)=C(C(N)=O)C(=O)[C@@]4(O)C(O)=C2C3=O)C1. The number of benzene rings is 1. The van der Waals surface area contributed by atoms with Crippen molar-refractivity contribution in [1.82, 2.24) is 9.80 Å². The second-order valence-corrected chi connectivity index (χ2v) is 12.6. The molecule has 5 rings (SSSR count). The average molecular weight is 584 g/mol. The number of aliphatic hydroxyl groups is 3. The lowest BCUT2D eigenvalue weighted by atomic mass is 9.58. The molecule has 42 heavy (non-hydrogen) atoms. The normalized spacial score (nSPS) is 29.1. The highest BCUT2D eigenvalue weighted by Gasteiger charge is 2.63. The van der Waals surface area contributed by atoms with Crippen LogP contribution < -0.4 is 10.5 Å². The Balaban J connectivity index is 1.60. The standard InChI is InChI=1S/C31H41N3O8/c1-6-30(7-2)8-9-34(14-30)13-16-12-19(35)21-17(26(16)42-5)10-15-11-18-23(33(3)4)25(37)22(29(32)40)28(39)31(18,41)27(38)20(15)24(21)36/h12,15,18,23,35,37-38,41H,6-11,13-14H2,1-5H3,(H2,32,40)/t15-,18-,23-,31-/m0/s1. The monoisotopic (exact) mass is 583 g/mol. The Kier molecular flexibility index (Phi) is 7.44. The third-order valence-electron chi connectivity index (χ3n) is 10.4. The first-order valence-electron chi connectivity index (χ1n) is 14.5. The summed E-state index contributed by atoms with van der Waals surface area (Å²) in [5.74, 6) is -6.21. The number of aliphatic hydroxyl groups excluding tert-OH is 2. The first-order chi connectivity index (χ1) is 19.8. The summed E-state index contributed by atoms with van der Waals surface area (Å²) in [6.45, 7) is 6.79. The van der Waals surface area contributed by atoms with Gasteiger partial charge in [-0.3, -0.25) is 24.2 Å². The number of Topliss-reactive ketones (excluding diaryl/α,β-unsaturated/α-hetero) is 2. The highest BCUT2D eigenvalue weighted by Crippen LogP contribution is 2.53. The highest BCUT2D eigenvalue weighted by atomic mass is 16.5. The number of phenols is 1. The van der Waals surface area contributed by atoms with Crippen molar-refractivity contribution in [2.24, 2.45) is 23.0 Å². The second kappa shape index (κ2) is 10.4. The molecule has 1 heterocycles. The molecular weight excluding hydrogens is 542 g/mol. The molecule has 1 aromatic rings. The number of methoxy groups -OCH3 is 1. The van der Waals surface area contributed by atoms with Crippen molar-refractivity contribution >= 4 is 17.5 Å². The van der Waals surface area contributed by atoms with Gasteiger partial charge < -0.3 is 30.9 Å². The number of carbonyl (C=O) groups excluding carboxylic acids is 3. The van der Waals surface area contributed by atoms with Crippen LogP contribution in [0.1, 0.15) is 61.0 Å². The van der Waals surface area contributed by atoms with E-state index in [0.29, 0.717) is 17.9 Å². The number of rotatable bonds is 7. The van der Waals surface area contributed by atoms with Gasteiger partial charge in [-0.2, -0.15) is 0 Å². The number of nitrogens with two attached hydrogens (primary N) is 1. The van der Waals surface area contributed by atoms with Gasteiger partial charge in [-0.15, -0.1) is 0 Å². The number of fused-ring (bicyclic) bond motifs is 3. The van der Waals surface area contributed by atoms with Gasteiger partial charge in [-0.05, 0) is 70.1 Å². The van der Waals surface area contributed by atoms with E-state index in [1.807, 2.05) is 0 Å². The van der Waals surface area contributed by atoms with Crippen molar-refractivity contribution in [2.75, 3.05) is 34.3 Å². The van der Waals surface area contributed by atoms with Crippen molar-refractivity contribution < 1.29 is 39.5 Å². The van der Waals surface area contributed by atoms with Gasteiger partial charge in [-0.1, -0.05) is 13.8 Å². The van der Waals surface area contributed by atoms with Gasteiger partial charge in [0.15, 0.2) is 11.4 Å². The topological polar surface area (TPSA) is 174 Å². The number of ketones is 2. The summed E-state index contributed by atoms with van der Waals surface area (Å²) in [4.78, 5) is 43.4.